The lowest BCUT2D eigenvalue weighted by Crippen LogP contribution is -2.23. The predicted molar refractivity (Wildman–Crippen MR) is 99.2 cm³/mol. The SMILES string of the molecule is CNc1c(C(=O)c2ccccc2)ccc2c1C(=O)c1ccccc1C2=O. The van der Waals surface area contributed by atoms with E-state index in [4.69, 9.17) is 0 Å². The average molecular weight is 341 g/mol. The van der Waals surface area contributed by atoms with E-state index in [1.165, 1.54) is 0 Å². The van der Waals surface area contributed by atoms with Gasteiger partial charge in [0.25, 0.3) is 0 Å². The summed E-state index contributed by atoms with van der Waals surface area (Å²) >= 11 is 0. The highest BCUT2D eigenvalue weighted by Crippen LogP contribution is 2.34. The maximum absolute atomic E-state index is 13.0. The van der Waals surface area contributed by atoms with Crippen LogP contribution < -0.4 is 5.32 Å². The molecule has 0 amide bonds. The number of benzene rings is 3. The molecule has 4 rings (SSSR count). The Balaban J connectivity index is 1.93. The lowest BCUT2D eigenvalue weighted by Gasteiger charge is -2.22. The van der Waals surface area contributed by atoms with E-state index >= 15 is 0 Å². The molecule has 4 nitrogen and oxygen atoms in total. The first kappa shape index (κ1) is 16.0. The quantitative estimate of drug-likeness (QED) is 0.577. The first-order chi connectivity index (χ1) is 12.6. The summed E-state index contributed by atoms with van der Waals surface area (Å²) in [7, 11) is 1.65. The lowest BCUT2D eigenvalue weighted by atomic mass is 9.81. The summed E-state index contributed by atoms with van der Waals surface area (Å²) in [6.45, 7) is 0. The molecule has 0 saturated carbocycles. The van der Waals surface area contributed by atoms with Crippen LogP contribution in [0.4, 0.5) is 5.69 Å². The van der Waals surface area contributed by atoms with Gasteiger partial charge in [-0.05, 0) is 12.1 Å². The van der Waals surface area contributed by atoms with E-state index in [-0.39, 0.29) is 22.9 Å². The van der Waals surface area contributed by atoms with Crippen molar-refractivity contribution in [3.05, 3.63) is 100 Å². The van der Waals surface area contributed by atoms with Crippen LogP contribution in [0.3, 0.4) is 0 Å². The molecule has 0 atom stereocenters. The number of rotatable bonds is 3. The number of carbonyl (C=O) groups excluding carboxylic acids is 3. The van der Waals surface area contributed by atoms with Crippen LogP contribution in [-0.2, 0) is 0 Å². The highest BCUT2D eigenvalue weighted by Gasteiger charge is 2.33. The third kappa shape index (κ3) is 2.27. The fraction of sp³-hybridized carbons (Fsp3) is 0.0455. The van der Waals surface area contributed by atoms with Crippen LogP contribution in [0.1, 0.15) is 47.8 Å². The molecule has 4 heteroatoms. The molecule has 0 heterocycles. The van der Waals surface area contributed by atoms with Gasteiger partial charge in [0.1, 0.15) is 0 Å². The van der Waals surface area contributed by atoms with E-state index in [1.54, 1.807) is 67.7 Å². The largest absolute Gasteiger partial charge is 0.387 e. The van der Waals surface area contributed by atoms with Crippen molar-refractivity contribution in [2.45, 2.75) is 0 Å². The molecule has 0 saturated heterocycles. The fourth-order valence-corrected chi connectivity index (χ4v) is 3.38. The van der Waals surface area contributed by atoms with Gasteiger partial charge in [-0.1, -0.05) is 54.6 Å². The standard InChI is InChI=1S/C22H15NO3/c1-23-19-17(20(24)13-7-3-2-4-8-13)12-11-16-18(19)22(26)15-10-6-5-9-14(15)21(16)25/h2-12,23H,1H3. The van der Waals surface area contributed by atoms with Crippen molar-refractivity contribution in [1.82, 2.24) is 0 Å². The molecule has 0 radical (unpaired) electrons. The fourth-order valence-electron chi connectivity index (χ4n) is 3.38. The summed E-state index contributed by atoms with van der Waals surface area (Å²) in [5, 5.41) is 2.96. The Kier molecular flexibility index (Phi) is 3.73. The van der Waals surface area contributed by atoms with E-state index < -0.39 is 0 Å². The van der Waals surface area contributed by atoms with Crippen LogP contribution >= 0.6 is 0 Å². The van der Waals surface area contributed by atoms with Gasteiger partial charge < -0.3 is 5.32 Å². The zero-order valence-electron chi connectivity index (χ0n) is 14.1. The van der Waals surface area contributed by atoms with Crippen molar-refractivity contribution >= 4 is 23.0 Å². The molecule has 1 aliphatic rings. The van der Waals surface area contributed by atoms with Crippen LogP contribution in [-0.4, -0.2) is 24.4 Å². The smallest absolute Gasteiger partial charge is 0.196 e. The van der Waals surface area contributed by atoms with Gasteiger partial charge in [0.15, 0.2) is 17.3 Å². The van der Waals surface area contributed by atoms with Crippen molar-refractivity contribution < 1.29 is 14.4 Å². The maximum Gasteiger partial charge on any atom is 0.196 e. The van der Waals surface area contributed by atoms with Gasteiger partial charge >= 0.3 is 0 Å². The minimum atomic E-state index is -0.248. The maximum atomic E-state index is 13.0. The van der Waals surface area contributed by atoms with Crippen molar-refractivity contribution in [3.8, 4) is 0 Å². The van der Waals surface area contributed by atoms with Crippen LogP contribution in [0.15, 0.2) is 66.7 Å². The molecular formula is C22H15NO3. The number of hydrogen-bond donors (Lipinski definition) is 1. The Bertz CT molecular complexity index is 1070. The van der Waals surface area contributed by atoms with Crippen molar-refractivity contribution in [1.29, 1.82) is 0 Å². The number of hydrogen-bond acceptors (Lipinski definition) is 4. The molecule has 0 aliphatic heterocycles. The van der Waals surface area contributed by atoms with E-state index in [2.05, 4.69) is 5.32 Å². The molecule has 1 aliphatic carbocycles. The average Bonchev–Trinajstić information content (AvgIpc) is 2.71. The van der Waals surface area contributed by atoms with Gasteiger partial charge in [-0.2, -0.15) is 0 Å². The van der Waals surface area contributed by atoms with Gasteiger partial charge in [-0.3, -0.25) is 14.4 Å². The zero-order valence-corrected chi connectivity index (χ0v) is 14.1. The van der Waals surface area contributed by atoms with Gasteiger partial charge in [0, 0.05) is 34.9 Å². The van der Waals surface area contributed by atoms with Crippen molar-refractivity contribution in [3.63, 3.8) is 0 Å². The highest BCUT2D eigenvalue weighted by molar-refractivity contribution is 6.31. The number of ketones is 3. The van der Waals surface area contributed by atoms with Gasteiger partial charge in [-0.15, -0.1) is 0 Å². The molecule has 3 aromatic rings. The van der Waals surface area contributed by atoms with E-state index in [0.717, 1.165) is 0 Å². The Morgan fingerprint density at radius 3 is 2.00 bits per heavy atom. The first-order valence-electron chi connectivity index (χ1n) is 8.26. The Morgan fingerprint density at radius 2 is 1.35 bits per heavy atom. The van der Waals surface area contributed by atoms with Crippen LogP contribution in [0.25, 0.3) is 0 Å². The van der Waals surface area contributed by atoms with Crippen LogP contribution in [0.5, 0.6) is 0 Å². The second-order valence-electron chi connectivity index (χ2n) is 6.06. The number of fused-ring (bicyclic) bond motifs is 2. The Hall–Kier alpha value is -3.53. The lowest BCUT2D eigenvalue weighted by molar-refractivity contribution is 0.0979. The van der Waals surface area contributed by atoms with E-state index in [9.17, 15) is 14.4 Å². The molecular weight excluding hydrogens is 326 g/mol. The van der Waals surface area contributed by atoms with Gasteiger partial charge in [0.2, 0.25) is 0 Å². The molecule has 0 spiro atoms. The minimum Gasteiger partial charge on any atom is -0.387 e. The second kappa shape index (κ2) is 6.08. The normalized spacial score (nSPS) is 12.3. The molecule has 126 valence electrons. The van der Waals surface area contributed by atoms with Gasteiger partial charge in [-0.25, -0.2) is 0 Å². The topological polar surface area (TPSA) is 63.2 Å². The summed E-state index contributed by atoms with van der Waals surface area (Å²) in [5.41, 5.74) is 2.64. The minimum absolute atomic E-state index is 0.197. The number of carbonyl (C=O) groups is 3. The summed E-state index contributed by atoms with van der Waals surface area (Å²) in [5.74, 6) is -0.649. The molecule has 0 fully saturated rings. The summed E-state index contributed by atoms with van der Waals surface area (Å²) < 4.78 is 0. The third-order valence-electron chi connectivity index (χ3n) is 4.62. The molecule has 3 aromatic carbocycles. The van der Waals surface area contributed by atoms with Gasteiger partial charge in [0.05, 0.1) is 11.3 Å². The number of anilines is 1. The number of nitrogens with one attached hydrogen (secondary N) is 1. The second-order valence-corrected chi connectivity index (χ2v) is 6.06. The van der Waals surface area contributed by atoms with Crippen LogP contribution in [0.2, 0.25) is 0 Å². The van der Waals surface area contributed by atoms with E-state index in [0.29, 0.717) is 33.5 Å². The van der Waals surface area contributed by atoms with Crippen molar-refractivity contribution in [2.75, 3.05) is 12.4 Å². The zero-order chi connectivity index (χ0) is 18.3. The Morgan fingerprint density at radius 1 is 0.731 bits per heavy atom. The molecule has 0 unspecified atom stereocenters. The Labute approximate surface area is 150 Å². The molecule has 1 N–H and O–H groups in total. The van der Waals surface area contributed by atoms with Crippen LogP contribution in [0, 0.1) is 0 Å². The third-order valence-corrected chi connectivity index (χ3v) is 4.62. The molecule has 26 heavy (non-hydrogen) atoms. The predicted octanol–water partition coefficient (Wildman–Crippen LogP) is 3.73. The summed E-state index contributed by atoms with van der Waals surface area (Å²) in [4.78, 5) is 38.8. The van der Waals surface area contributed by atoms with E-state index in [1.807, 2.05) is 6.07 Å². The highest BCUT2D eigenvalue weighted by atomic mass is 16.1. The summed E-state index contributed by atoms with van der Waals surface area (Å²) in [6.07, 6.45) is 0. The monoisotopic (exact) mass is 341 g/mol. The molecule has 0 aromatic heterocycles. The summed E-state index contributed by atoms with van der Waals surface area (Å²) in [6, 6.07) is 18.8. The van der Waals surface area contributed by atoms with Crippen molar-refractivity contribution in [2.24, 2.45) is 0 Å². The first-order valence-corrected chi connectivity index (χ1v) is 8.26. The molecule has 0 bridgehead atoms.